The third-order valence-corrected chi connectivity index (χ3v) is 4.51. The van der Waals surface area contributed by atoms with E-state index in [-0.39, 0.29) is 27.6 Å². The third kappa shape index (κ3) is 3.57. The Balaban J connectivity index is 2.45. The number of hydrogen-bond donors (Lipinski definition) is 2. The van der Waals surface area contributed by atoms with Crippen LogP contribution in [0.4, 0.5) is 10.1 Å². The van der Waals surface area contributed by atoms with Gasteiger partial charge in [-0.1, -0.05) is 0 Å². The number of methoxy groups -OCH3 is 2. The fourth-order valence-corrected chi connectivity index (χ4v) is 3.21. The number of benzene rings is 2. The smallest absolute Gasteiger partial charge is 0.335 e. The first kappa shape index (κ1) is 17.5. The number of ether oxygens (including phenoxy) is 2. The molecule has 0 aliphatic rings. The van der Waals surface area contributed by atoms with Gasteiger partial charge in [0, 0.05) is 6.07 Å². The standard InChI is InChI=1S/C15H14FNO6S/c1-22-12-6-4-10(8-11(12)16)17-24(20,21)14-7-9(15(18)19)3-5-13(14)23-2/h3-8,17H,1-2H3,(H,18,19). The van der Waals surface area contributed by atoms with Gasteiger partial charge >= 0.3 is 5.97 Å². The zero-order valence-corrected chi connectivity index (χ0v) is 13.6. The van der Waals surface area contributed by atoms with Gasteiger partial charge in [-0.2, -0.15) is 0 Å². The first-order chi connectivity index (χ1) is 11.3. The number of carboxylic acid groups (broad SMARTS) is 1. The van der Waals surface area contributed by atoms with E-state index < -0.39 is 21.8 Å². The van der Waals surface area contributed by atoms with Gasteiger partial charge in [0.2, 0.25) is 0 Å². The Hall–Kier alpha value is -2.81. The van der Waals surface area contributed by atoms with Gasteiger partial charge in [-0.05, 0) is 30.3 Å². The van der Waals surface area contributed by atoms with E-state index in [0.29, 0.717) is 0 Å². The number of sulfonamides is 1. The number of carboxylic acids is 1. The summed E-state index contributed by atoms with van der Waals surface area (Å²) in [7, 11) is -1.66. The van der Waals surface area contributed by atoms with E-state index in [4.69, 9.17) is 14.6 Å². The summed E-state index contributed by atoms with van der Waals surface area (Å²) in [6, 6.07) is 6.93. The summed E-state index contributed by atoms with van der Waals surface area (Å²) in [6.45, 7) is 0. The molecule has 128 valence electrons. The molecular formula is C15H14FNO6S. The molecule has 0 aromatic heterocycles. The number of rotatable bonds is 6. The van der Waals surface area contributed by atoms with Gasteiger partial charge in [-0.3, -0.25) is 4.72 Å². The van der Waals surface area contributed by atoms with Gasteiger partial charge in [0.1, 0.15) is 10.6 Å². The summed E-state index contributed by atoms with van der Waals surface area (Å²) in [6.07, 6.45) is 0. The number of nitrogens with one attached hydrogen (secondary N) is 1. The molecule has 0 unspecified atom stereocenters. The Morgan fingerprint density at radius 1 is 1.08 bits per heavy atom. The van der Waals surface area contributed by atoms with Crippen LogP contribution in [-0.4, -0.2) is 33.7 Å². The van der Waals surface area contributed by atoms with E-state index in [0.717, 1.165) is 12.1 Å². The van der Waals surface area contributed by atoms with Crippen molar-refractivity contribution in [3.8, 4) is 11.5 Å². The molecule has 0 fully saturated rings. The molecule has 0 amide bonds. The molecule has 2 aromatic rings. The molecule has 24 heavy (non-hydrogen) atoms. The summed E-state index contributed by atoms with van der Waals surface area (Å²) in [5.74, 6) is -2.11. The van der Waals surface area contributed by atoms with Crippen LogP contribution in [0, 0.1) is 5.82 Å². The average molecular weight is 355 g/mol. The maximum atomic E-state index is 13.7. The Kier molecular flexibility index (Phi) is 4.93. The zero-order chi connectivity index (χ0) is 17.9. The summed E-state index contributed by atoms with van der Waals surface area (Å²) in [4.78, 5) is 10.7. The Labute approximate surface area is 137 Å². The van der Waals surface area contributed by atoms with Crippen LogP contribution in [0.5, 0.6) is 11.5 Å². The minimum atomic E-state index is -4.19. The zero-order valence-electron chi connectivity index (χ0n) is 12.7. The number of aromatic carboxylic acids is 1. The first-order valence-corrected chi connectivity index (χ1v) is 8.04. The van der Waals surface area contributed by atoms with E-state index in [1.165, 1.54) is 38.5 Å². The maximum Gasteiger partial charge on any atom is 0.335 e. The van der Waals surface area contributed by atoms with Gasteiger partial charge in [0.05, 0.1) is 25.5 Å². The number of hydrogen-bond acceptors (Lipinski definition) is 5. The summed E-state index contributed by atoms with van der Waals surface area (Å²) >= 11 is 0. The van der Waals surface area contributed by atoms with Crippen molar-refractivity contribution < 1.29 is 32.2 Å². The lowest BCUT2D eigenvalue weighted by Crippen LogP contribution is -2.15. The Bertz CT molecular complexity index is 882. The van der Waals surface area contributed by atoms with Crippen LogP contribution in [0.15, 0.2) is 41.3 Å². The normalized spacial score (nSPS) is 11.0. The molecule has 0 aliphatic carbocycles. The molecule has 2 rings (SSSR count). The van der Waals surface area contributed by atoms with Gasteiger partial charge in [0.25, 0.3) is 10.0 Å². The van der Waals surface area contributed by atoms with Crippen molar-refractivity contribution in [2.45, 2.75) is 4.90 Å². The Morgan fingerprint density at radius 2 is 1.71 bits per heavy atom. The second-order valence-corrected chi connectivity index (χ2v) is 6.28. The second kappa shape index (κ2) is 6.75. The molecular weight excluding hydrogens is 341 g/mol. The van der Waals surface area contributed by atoms with Crippen LogP contribution >= 0.6 is 0 Å². The fourth-order valence-electron chi connectivity index (χ4n) is 1.96. The molecule has 0 saturated heterocycles. The van der Waals surface area contributed by atoms with Crippen molar-refractivity contribution in [3.05, 3.63) is 47.8 Å². The lowest BCUT2D eigenvalue weighted by Gasteiger charge is -2.13. The summed E-state index contributed by atoms with van der Waals surface area (Å²) in [5, 5.41) is 9.00. The molecule has 0 bridgehead atoms. The van der Waals surface area contributed by atoms with Crippen molar-refractivity contribution in [1.82, 2.24) is 0 Å². The van der Waals surface area contributed by atoms with Gasteiger partial charge in [-0.15, -0.1) is 0 Å². The molecule has 2 aromatic carbocycles. The van der Waals surface area contributed by atoms with Crippen LogP contribution < -0.4 is 14.2 Å². The minimum absolute atomic E-state index is 0.0385. The van der Waals surface area contributed by atoms with Crippen molar-refractivity contribution in [2.75, 3.05) is 18.9 Å². The highest BCUT2D eigenvalue weighted by atomic mass is 32.2. The second-order valence-electron chi connectivity index (χ2n) is 4.63. The van der Waals surface area contributed by atoms with E-state index in [1.807, 2.05) is 0 Å². The van der Waals surface area contributed by atoms with Crippen LogP contribution in [0.3, 0.4) is 0 Å². The third-order valence-electron chi connectivity index (χ3n) is 3.10. The van der Waals surface area contributed by atoms with Crippen molar-refractivity contribution in [3.63, 3.8) is 0 Å². The van der Waals surface area contributed by atoms with Gasteiger partial charge in [0.15, 0.2) is 11.6 Å². The lowest BCUT2D eigenvalue weighted by molar-refractivity contribution is 0.0696. The van der Waals surface area contributed by atoms with Gasteiger partial charge < -0.3 is 14.6 Å². The van der Waals surface area contributed by atoms with Crippen LogP contribution in [0.2, 0.25) is 0 Å². The van der Waals surface area contributed by atoms with Crippen molar-refractivity contribution in [2.24, 2.45) is 0 Å². The van der Waals surface area contributed by atoms with E-state index in [9.17, 15) is 17.6 Å². The first-order valence-electron chi connectivity index (χ1n) is 6.56. The predicted molar refractivity (Wildman–Crippen MR) is 83.7 cm³/mol. The molecule has 9 heteroatoms. The molecule has 0 heterocycles. The van der Waals surface area contributed by atoms with E-state index >= 15 is 0 Å². The molecule has 0 atom stereocenters. The van der Waals surface area contributed by atoms with Crippen molar-refractivity contribution >= 4 is 21.7 Å². The number of anilines is 1. The van der Waals surface area contributed by atoms with Crippen LogP contribution in [0.25, 0.3) is 0 Å². The lowest BCUT2D eigenvalue weighted by atomic mass is 10.2. The topological polar surface area (TPSA) is 102 Å². The highest BCUT2D eigenvalue weighted by Crippen LogP contribution is 2.28. The van der Waals surface area contributed by atoms with Gasteiger partial charge in [-0.25, -0.2) is 17.6 Å². The van der Waals surface area contributed by atoms with E-state index in [1.54, 1.807) is 0 Å². The summed E-state index contributed by atoms with van der Waals surface area (Å²) in [5.41, 5.74) is -0.270. The number of halogens is 1. The average Bonchev–Trinajstić information content (AvgIpc) is 2.54. The minimum Gasteiger partial charge on any atom is -0.495 e. The quantitative estimate of drug-likeness (QED) is 0.825. The molecule has 0 aliphatic heterocycles. The monoisotopic (exact) mass is 355 g/mol. The fraction of sp³-hybridized carbons (Fsp3) is 0.133. The van der Waals surface area contributed by atoms with Crippen molar-refractivity contribution in [1.29, 1.82) is 0 Å². The SMILES string of the molecule is COc1ccc(NS(=O)(=O)c2cc(C(=O)O)ccc2OC)cc1F. The van der Waals surface area contributed by atoms with E-state index in [2.05, 4.69) is 4.72 Å². The Morgan fingerprint density at radius 3 is 2.25 bits per heavy atom. The summed E-state index contributed by atoms with van der Waals surface area (Å²) < 4.78 is 50.5. The predicted octanol–water partition coefficient (Wildman–Crippen LogP) is 2.34. The largest absolute Gasteiger partial charge is 0.495 e. The molecule has 7 nitrogen and oxygen atoms in total. The van der Waals surface area contributed by atoms with Crippen LogP contribution in [-0.2, 0) is 10.0 Å². The molecule has 2 N–H and O–H groups in total. The maximum absolute atomic E-state index is 13.7. The molecule has 0 spiro atoms. The van der Waals surface area contributed by atoms with Crippen LogP contribution in [0.1, 0.15) is 10.4 Å². The highest BCUT2D eigenvalue weighted by Gasteiger charge is 2.22. The molecule has 0 saturated carbocycles. The highest BCUT2D eigenvalue weighted by molar-refractivity contribution is 7.92. The number of carbonyl (C=O) groups is 1. The molecule has 0 radical (unpaired) electrons.